The Kier molecular flexibility index (Phi) is 9.89. The summed E-state index contributed by atoms with van der Waals surface area (Å²) in [5, 5.41) is 5.81. The van der Waals surface area contributed by atoms with Crippen LogP contribution in [0.1, 0.15) is 23.6 Å². The van der Waals surface area contributed by atoms with Crippen molar-refractivity contribution in [2.45, 2.75) is 20.5 Å². The monoisotopic (exact) mass is 624 g/mol. The lowest BCUT2D eigenvalue weighted by Crippen LogP contribution is -2.37. The summed E-state index contributed by atoms with van der Waals surface area (Å²) < 4.78 is 13.2. The molecule has 2 aromatic heterocycles. The second-order valence-electron chi connectivity index (χ2n) is 9.55. The third-order valence-electron chi connectivity index (χ3n) is 6.52. The zero-order valence-corrected chi connectivity index (χ0v) is 25.7. The first-order valence-electron chi connectivity index (χ1n) is 13.1. The Bertz CT molecular complexity index is 1740. The van der Waals surface area contributed by atoms with Crippen molar-refractivity contribution in [2.75, 3.05) is 30.9 Å². The summed E-state index contributed by atoms with van der Waals surface area (Å²) >= 11 is 13.2. The topological polar surface area (TPSA) is 128 Å². The Morgan fingerprint density at radius 2 is 1.93 bits per heavy atom. The van der Waals surface area contributed by atoms with Crippen LogP contribution in [0.4, 0.5) is 11.5 Å². The predicted octanol–water partition coefficient (Wildman–Crippen LogP) is 4.92. The van der Waals surface area contributed by atoms with Crippen LogP contribution in [0.3, 0.4) is 0 Å². The molecule has 0 fully saturated rings. The summed E-state index contributed by atoms with van der Waals surface area (Å²) in [6.45, 7) is 2.94. The lowest BCUT2D eigenvalue weighted by molar-refractivity contribution is -0.122. The quantitative estimate of drug-likeness (QED) is 0.240. The van der Waals surface area contributed by atoms with E-state index < -0.39 is 11.8 Å². The Morgan fingerprint density at radius 3 is 2.63 bits per heavy atom. The van der Waals surface area contributed by atoms with Crippen molar-refractivity contribution in [3.63, 3.8) is 0 Å². The fourth-order valence-corrected chi connectivity index (χ4v) is 4.83. The number of para-hydroxylation sites is 1. The molecule has 0 aliphatic rings. The van der Waals surface area contributed by atoms with Gasteiger partial charge in [0.05, 0.1) is 29.9 Å². The van der Waals surface area contributed by atoms with E-state index in [-0.39, 0.29) is 24.1 Å². The number of methoxy groups -OCH3 is 1. The van der Waals surface area contributed by atoms with E-state index in [2.05, 4.69) is 20.6 Å². The Balaban J connectivity index is 1.40. The Labute approximate surface area is 258 Å². The molecule has 2 N–H and O–H groups in total. The number of nitrogens with zero attached hydrogens (tertiary/aromatic N) is 4. The van der Waals surface area contributed by atoms with Crippen molar-refractivity contribution in [3.05, 3.63) is 75.4 Å². The van der Waals surface area contributed by atoms with E-state index in [0.717, 1.165) is 11.1 Å². The third-order valence-corrected chi connectivity index (χ3v) is 7.30. The lowest BCUT2D eigenvalue weighted by Gasteiger charge is -2.21. The first-order chi connectivity index (χ1) is 20.5. The maximum atomic E-state index is 12.9. The molecule has 43 heavy (non-hydrogen) atoms. The highest BCUT2D eigenvalue weighted by molar-refractivity contribution is 6.38. The van der Waals surface area contributed by atoms with Crippen molar-refractivity contribution in [1.29, 1.82) is 0 Å². The van der Waals surface area contributed by atoms with Gasteiger partial charge in [-0.3, -0.25) is 19.0 Å². The molecule has 2 aromatic carbocycles. The van der Waals surface area contributed by atoms with E-state index in [4.69, 9.17) is 32.7 Å². The van der Waals surface area contributed by atoms with E-state index in [1.54, 1.807) is 51.4 Å². The van der Waals surface area contributed by atoms with Gasteiger partial charge in [-0.25, -0.2) is 4.98 Å². The van der Waals surface area contributed by atoms with Gasteiger partial charge in [-0.1, -0.05) is 29.3 Å². The van der Waals surface area contributed by atoms with E-state index in [1.807, 2.05) is 23.7 Å². The molecule has 11 nitrogen and oxygen atoms in total. The summed E-state index contributed by atoms with van der Waals surface area (Å²) in [6, 6.07) is 11.0. The summed E-state index contributed by atoms with van der Waals surface area (Å²) in [5.41, 5.74) is 3.74. The molecule has 0 saturated carbocycles. The van der Waals surface area contributed by atoms with Crippen LogP contribution in [0.5, 0.6) is 11.8 Å². The molecule has 0 spiro atoms. The SMILES string of the molecule is COc1nc2c(OCc3c(Cl)ccc(N(C)C(=O)CNC(=O)C=Cc4cnc(NC(C)=O)c(C)c4)c3Cl)cccc2n1C. The summed E-state index contributed by atoms with van der Waals surface area (Å²) in [6.07, 6.45) is 4.38. The van der Waals surface area contributed by atoms with Crippen LogP contribution >= 0.6 is 23.2 Å². The number of pyridine rings is 1. The maximum absolute atomic E-state index is 12.9. The summed E-state index contributed by atoms with van der Waals surface area (Å²) in [5.74, 6) is -0.132. The van der Waals surface area contributed by atoms with E-state index >= 15 is 0 Å². The number of ether oxygens (including phenoxy) is 2. The maximum Gasteiger partial charge on any atom is 0.296 e. The first kappa shape index (κ1) is 31.3. The molecule has 3 amide bonds. The smallest absolute Gasteiger partial charge is 0.296 e. The fourth-order valence-electron chi connectivity index (χ4n) is 4.22. The average Bonchev–Trinajstić information content (AvgIpc) is 3.31. The van der Waals surface area contributed by atoms with Gasteiger partial charge in [0, 0.05) is 43.9 Å². The molecule has 0 saturated heterocycles. The minimum atomic E-state index is -0.470. The van der Waals surface area contributed by atoms with Crippen LogP contribution < -0.4 is 25.0 Å². The van der Waals surface area contributed by atoms with E-state index in [0.29, 0.717) is 44.9 Å². The van der Waals surface area contributed by atoms with Crippen LogP contribution in [0.15, 0.2) is 48.7 Å². The zero-order valence-electron chi connectivity index (χ0n) is 24.2. The number of fused-ring (bicyclic) bond motifs is 1. The molecular weight excluding hydrogens is 595 g/mol. The summed E-state index contributed by atoms with van der Waals surface area (Å²) in [4.78, 5) is 46.6. The zero-order chi connectivity index (χ0) is 31.3. The summed E-state index contributed by atoms with van der Waals surface area (Å²) in [7, 11) is 4.94. The number of rotatable bonds is 10. The molecule has 13 heteroatoms. The molecule has 0 unspecified atom stereocenters. The van der Waals surface area contributed by atoms with Gasteiger partial charge in [-0.05, 0) is 54.5 Å². The molecule has 4 rings (SSSR count). The standard InChI is InChI=1S/C30H30Cl2N6O5/c1-17-13-19(14-34-29(17)35-18(2)39)9-12-25(40)33-15-26(41)37(3)22-11-10-21(31)20(27(22)32)16-43-24-8-6-7-23-28(24)36-30(42-5)38(23)4/h6-14H,15-16H2,1-5H3,(H,33,40)(H,34,35,39). The molecule has 2 heterocycles. The van der Waals surface area contributed by atoms with Gasteiger partial charge in [0.1, 0.15) is 23.7 Å². The van der Waals surface area contributed by atoms with Gasteiger partial charge in [0.2, 0.25) is 17.7 Å². The van der Waals surface area contributed by atoms with E-state index in [1.165, 1.54) is 24.1 Å². The number of carbonyl (C=O) groups is 3. The predicted molar refractivity (Wildman–Crippen MR) is 167 cm³/mol. The molecule has 224 valence electrons. The van der Waals surface area contributed by atoms with Crippen molar-refractivity contribution in [3.8, 4) is 11.8 Å². The molecule has 0 radical (unpaired) electrons. The Hall–Kier alpha value is -4.61. The molecule has 0 bridgehead atoms. The number of anilines is 2. The minimum absolute atomic E-state index is 0.0210. The van der Waals surface area contributed by atoms with Crippen molar-refractivity contribution in [2.24, 2.45) is 7.05 Å². The van der Waals surface area contributed by atoms with Gasteiger partial charge in [0.25, 0.3) is 6.01 Å². The number of nitrogens with one attached hydrogen (secondary N) is 2. The van der Waals surface area contributed by atoms with Crippen molar-refractivity contribution in [1.82, 2.24) is 19.9 Å². The number of hydrogen-bond acceptors (Lipinski definition) is 7. The van der Waals surface area contributed by atoms with Crippen LogP contribution in [0.2, 0.25) is 10.0 Å². The second-order valence-corrected chi connectivity index (χ2v) is 10.3. The molecule has 4 aromatic rings. The van der Waals surface area contributed by atoms with Gasteiger partial charge in [-0.15, -0.1) is 0 Å². The minimum Gasteiger partial charge on any atom is -0.486 e. The number of carbonyl (C=O) groups excluding carboxylic acids is 3. The van der Waals surface area contributed by atoms with Gasteiger partial charge in [-0.2, -0.15) is 4.98 Å². The average molecular weight is 626 g/mol. The number of imidazole rings is 1. The normalized spacial score (nSPS) is 11.0. The van der Waals surface area contributed by atoms with Crippen LogP contribution in [-0.2, 0) is 28.0 Å². The van der Waals surface area contributed by atoms with E-state index in [9.17, 15) is 14.4 Å². The van der Waals surface area contributed by atoms with Gasteiger partial charge in [0.15, 0.2) is 0 Å². The first-order valence-corrected chi connectivity index (χ1v) is 13.8. The fraction of sp³-hybridized carbons (Fsp3) is 0.233. The highest BCUT2D eigenvalue weighted by Gasteiger charge is 2.20. The van der Waals surface area contributed by atoms with Crippen LogP contribution in [0, 0.1) is 6.92 Å². The number of aryl methyl sites for hydroxylation is 2. The molecular formula is C30H30Cl2N6O5. The van der Waals surface area contributed by atoms with Gasteiger partial charge >= 0.3 is 0 Å². The highest BCUT2D eigenvalue weighted by Crippen LogP contribution is 2.35. The number of amides is 3. The van der Waals surface area contributed by atoms with Crippen LogP contribution in [0.25, 0.3) is 17.1 Å². The van der Waals surface area contributed by atoms with Crippen LogP contribution in [-0.4, -0.2) is 53.0 Å². The second kappa shape index (κ2) is 13.6. The molecule has 0 atom stereocenters. The van der Waals surface area contributed by atoms with Gasteiger partial charge < -0.3 is 25.0 Å². The highest BCUT2D eigenvalue weighted by atomic mass is 35.5. The number of likely N-dealkylation sites (N-methyl/N-ethyl adjacent to an activating group) is 1. The van der Waals surface area contributed by atoms with Crippen molar-refractivity contribution >= 4 is 69.5 Å². The molecule has 0 aliphatic carbocycles. The number of aromatic nitrogens is 3. The Morgan fingerprint density at radius 1 is 1.16 bits per heavy atom. The third kappa shape index (κ3) is 7.25. The lowest BCUT2D eigenvalue weighted by atomic mass is 10.2. The largest absolute Gasteiger partial charge is 0.486 e. The number of hydrogen-bond donors (Lipinski definition) is 2. The van der Waals surface area contributed by atoms with Crippen molar-refractivity contribution < 1.29 is 23.9 Å². The number of benzene rings is 2. The number of halogens is 2. The molecule has 0 aliphatic heterocycles.